The highest BCUT2D eigenvalue weighted by molar-refractivity contribution is 7.89. The van der Waals surface area contributed by atoms with Crippen LogP contribution in [0.15, 0.2) is 35.2 Å². The van der Waals surface area contributed by atoms with E-state index in [1.807, 2.05) is 13.8 Å². The molecule has 0 unspecified atom stereocenters. The molecule has 0 radical (unpaired) electrons. The van der Waals surface area contributed by atoms with Crippen LogP contribution in [0.4, 0.5) is 0 Å². The average Bonchev–Trinajstić information content (AvgIpc) is 2.42. The standard InChI is InChI=1S/C11H13NO3S.C2H6/c13-10-6-8-12(9-7-10)16(14,15)11-4-2-1-3-5-11;1-2/h1-5H,6-9H2;1-2H3. The molecule has 0 amide bonds. The van der Waals surface area contributed by atoms with E-state index in [2.05, 4.69) is 0 Å². The Bertz CT molecular complexity index is 472. The van der Waals surface area contributed by atoms with E-state index in [0.717, 1.165) is 0 Å². The molecule has 1 aliphatic heterocycles. The molecule has 1 aromatic carbocycles. The molecule has 1 fully saturated rings. The Labute approximate surface area is 109 Å². The quantitative estimate of drug-likeness (QED) is 0.826. The average molecular weight is 269 g/mol. The number of carbonyl (C=O) groups excluding carboxylic acids is 1. The minimum Gasteiger partial charge on any atom is -0.300 e. The van der Waals surface area contributed by atoms with Gasteiger partial charge in [-0.3, -0.25) is 4.79 Å². The van der Waals surface area contributed by atoms with Gasteiger partial charge in [0.2, 0.25) is 10.0 Å². The fourth-order valence-corrected chi connectivity index (χ4v) is 3.18. The highest BCUT2D eigenvalue weighted by Gasteiger charge is 2.27. The van der Waals surface area contributed by atoms with Gasteiger partial charge in [0.05, 0.1) is 4.90 Å². The van der Waals surface area contributed by atoms with Crippen molar-refractivity contribution in [1.29, 1.82) is 0 Å². The maximum absolute atomic E-state index is 12.1. The molecule has 0 saturated carbocycles. The largest absolute Gasteiger partial charge is 0.300 e. The second-order valence-electron chi connectivity index (χ2n) is 3.76. The Morgan fingerprint density at radius 2 is 1.50 bits per heavy atom. The van der Waals surface area contributed by atoms with Gasteiger partial charge in [-0.2, -0.15) is 4.31 Å². The van der Waals surface area contributed by atoms with Gasteiger partial charge in [0, 0.05) is 25.9 Å². The van der Waals surface area contributed by atoms with Crippen molar-refractivity contribution in [2.75, 3.05) is 13.1 Å². The summed E-state index contributed by atoms with van der Waals surface area (Å²) >= 11 is 0. The van der Waals surface area contributed by atoms with Crippen LogP contribution in [0, 0.1) is 0 Å². The van der Waals surface area contributed by atoms with Gasteiger partial charge in [-0.15, -0.1) is 0 Å². The zero-order chi connectivity index (χ0) is 13.6. The van der Waals surface area contributed by atoms with Crippen LogP contribution in [0.3, 0.4) is 0 Å². The first-order chi connectivity index (χ1) is 8.60. The van der Waals surface area contributed by atoms with Crippen molar-refractivity contribution in [1.82, 2.24) is 4.31 Å². The van der Waals surface area contributed by atoms with Gasteiger partial charge >= 0.3 is 0 Å². The summed E-state index contributed by atoms with van der Waals surface area (Å²) in [5.74, 6) is 0.138. The second kappa shape index (κ2) is 6.66. The molecule has 1 aliphatic rings. The zero-order valence-electron chi connectivity index (χ0n) is 10.8. The highest BCUT2D eigenvalue weighted by Crippen LogP contribution is 2.18. The van der Waals surface area contributed by atoms with Crippen LogP contribution < -0.4 is 0 Å². The van der Waals surface area contributed by atoms with Crippen LogP contribution in [0.2, 0.25) is 0 Å². The summed E-state index contributed by atoms with van der Waals surface area (Å²) in [4.78, 5) is 11.3. The van der Waals surface area contributed by atoms with E-state index >= 15 is 0 Å². The van der Waals surface area contributed by atoms with Gasteiger partial charge in [-0.25, -0.2) is 8.42 Å². The molecule has 1 saturated heterocycles. The van der Waals surface area contributed by atoms with Crippen LogP contribution in [-0.2, 0) is 14.8 Å². The lowest BCUT2D eigenvalue weighted by Gasteiger charge is -2.25. The molecule has 0 atom stereocenters. The van der Waals surface area contributed by atoms with E-state index in [4.69, 9.17) is 0 Å². The Hall–Kier alpha value is -1.20. The molecular weight excluding hydrogens is 250 g/mol. The molecule has 0 spiro atoms. The van der Waals surface area contributed by atoms with Crippen LogP contribution >= 0.6 is 0 Å². The smallest absolute Gasteiger partial charge is 0.243 e. The second-order valence-corrected chi connectivity index (χ2v) is 5.69. The maximum Gasteiger partial charge on any atom is 0.243 e. The number of hydrogen-bond acceptors (Lipinski definition) is 3. The van der Waals surface area contributed by atoms with E-state index in [-0.39, 0.29) is 5.78 Å². The highest BCUT2D eigenvalue weighted by atomic mass is 32.2. The first-order valence-corrected chi connectivity index (χ1v) is 7.61. The summed E-state index contributed by atoms with van der Waals surface area (Å²) < 4.78 is 25.6. The van der Waals surface area contributed by atoms with Crippen LogP contribution in [0.25, 0.3) is 0 Å². The van der Waals surface area contributed by atoms with Crippen LogP contribution in [0.5, 0.6) is 0 Å². The molecule has 0 bridgehead atoms. The predicted octanol–water partition coefficient (Wildman–Crippen LogP) is 2.07. The molecule has 1 heterocycles. The normalized spacial score (nSPS) is 16.9. The zero-order valence-corrected chi connectivity index (χ0v) is 11.6. The number of piperidine rings is 1. The number of rotatable bonds is 2. The minimum absolute atomic E-state index is 0.138. The molecular formula is C13H19NO3S. The molecule has 0 aliphatic carbocycles. The van der Waals surface area contributed by atoms with E-state index in [0.29, 0.717) is 30.8 Å². The molecule has 2 rings (SSSR count). The summed E-state index contributed by atoms with van der Waals surface area (Å²) in [5.41, 5.74) is 0. The lowest BCUT2D eigenvalue weighted by molar-refractivity contribution is -0.120. The minimum atomic E-state index is -3.40. The van der Waals surface area contributed by atoms with Gasteiger partial charge in [-0.1, -0.05) is 32.0 Å². The van der Waals surface area contributed by atoms with Crippen molar-refractivity contribution < 1.29 is 13.2 Å². The summed E-state index contributed by atoms with van der Waals surface area (Å²) in [6, 6.07) is 8.32. The number of benzene rings is 1. The van der Waals surface area contributed by atoms with Crippen molar-refractivity contribution in [3.63, 3.8) is 0 Å². The number of carbonyl (C=O) groups is 1. The number of Topliss-reactive ketones (excluding diaryl/α,β-unsaturated/α-hetero) is 1. The first kappa shape index (κ1) is 14.9. The first-order valence-electron chi connectivity index (χ1n) is 6.17. The molecule has 0 aromatic heterocycles. The summed E-state index contributed by atoms with van der Waals surface area (Å²) in [6.07, 6.45) is 0.651. The molecule has 5 heteroatoms. The predicted molar refractivity (Wildman–Crippen MR) is 70.8 cm³/mol. The van der Waals surface area contributed by atoms with Gasteiger partial charge in [0.25, 0.3) is 0 Å². The number of hydrogen-bond donors (Lipinski definition) is 0. The van der Waals surface area contributed by atoms with Crippen molar-refractivity contribution in [3.05, 3.63) is 30.3 Å². The third-order valence-corrected chi connectivity index (χ3v) is 4.57. The van der Waals surface area contributed by atoms with Gasteiger partial charge in [0.15, 0.2) is 0 Å². The van der Waals surface area contributed by atoms with E-state index < -0.39 is 10.0 Å². The van der Waals surface area contributed by atoms with Crippen molar-refractivity contribution in [2.24, 2.45) is 0 Å². The molecule has 0 N–H and O–H groups in total. The Balaban J connectivity index is 0.000000771. The van der Waals surface area contributed by atoms with Crippen molar-refractivity contribution in [2.45, 2.75) is 31.6 Å². The third kappa shape index (κ3) is 3.40. The summed E-state index contributed by atoms with van der Waals surface area (Å²) in [6.45, 7) is 4.60. The lowest BCUT2D eigenvalue weighted by atomic mass is 10.1. The Morgan fingerprint density at radius 1 is 1.00 bits per heavy atom. The number of ketones is 1. The fraction of sp³-hybridized carbons (Fsp3) is 0.462. The Kier molecular flexibility index (Phi) is 5.50. The monoisotopic (exact) mass is 269 g/mol. The van der Waals surface area contributed by atoms with Crippen molar-refractivity contribution >= 4 is 15.8 Å². The van der Waals surface area contributed by atoms with Crippen LogP contribution in [-0.4, -0.2) is 31.6 Å². The Morgan fingerprint density at radius 3 is 2.00 bits per heavy atom. The van der Waals surface area contributed by atoms with E-state index in [9.17, 15) is 13.2 Å². The van der Waals surface area contributed by atoms with Gasteiger partial charge < -0.3 is 0 Å². The van der Waals surface area contributed by atoms with E-state index in [1.165, 1.54) is 4.31 Å². The summed E-state index contributed by atoms with van der Waals surface area (Å²) in [5, 5.41) is 0. The summed E-state index contributed by atoms with van der Waals surface area (Å²) in [7, 11) is -3.40. The lowest BCUT2D eigenvalue weighted by Crippen LogP contribution is -2.38. The number of sulfonamides is 1. The molecule has 18 heavy (non-hydrogen) atoms. The topological polar surface area (TPSA) is 54.5 Å². The number of nitrogens with zero attached hydrogens (tertiary/aromatic N) is 1. The molecule has 1 aromatic rings. The maximum atomic E-state index is 12.1. The van der Waals surface area contributed by atoms with Gasteiger partial charge in [-0.05, 0) is 12.1 Å². The van der Waals surface area contributed by atoms with Crippen molar-refractivity contribution in [3.8, 4) is 0 Å². The SMILES string of the molecule is CC.O=C1CCN(S(=O)(=O)c2ccccc2)CC1. The molecule has 100 valence electrons. The van der Waals surface area contributed by atoms with Crippen LogP contribution in [0.1, 0.15) is 26.7 Å². The fourth-order valence-electron chi connectivity index (χ4n) is 1.72. The van der Waals surface area contributed by atoms with E-state index in [1.54, 1.807) is 30.3 Å². The molecule has 4 nitrogen and oxygen atoms in total. The third-order valence-electron chi connectivity index (χ3n) is 2.66. The van der Waals surface area contributed by atoms with Gasteiger partial charge in [0.1, 0.15) is 5.78 Å².